The summed E-state index contributed by atoms with van der Waals surface area (Å²) in [6, 6.07) is 7.02. The van der Waals surface area contributed by atoms with Gasteiger partial charge in [-0.2, -0.15) is 0 Å². The van der Waals surface area contributed by atoms with Crippen LogP contribution >= 0.6 is 0 Å². The van der Waals surface area contributed by atoms with E-state index in [9.17, 15) is 14.7 Å². The molecule has 0 aromatic heterocycles. The van der Waals surface area contributed by atoms with Gasteiger partial charge in [-0.3, -0.25) is 9.59 Å². The van der Waals surface area contributed by atoms with Gasteiger partial charge in [-0.15, -0.1) is 0 Å². The van der Waals surface area contributed by atoms with Crippen molar-refractivity contribution in [1.29, 1.82) is 0 Å². The van der Waals surface area contributed by atoms with E-state index in [4.69, 9.17) is 4.74 Å². The molecule has 0 amide bonds. The molecule has 1 heterocycles. The van der Waals surface area contributed by atoms with E-state index < -0.39 is 17.8 Å². The first kappa shape index (κ1) is 10.8. The number of benzene rings is 1. The predicted molar refractivity (Wildman–Crippen MR) is 63.2 cm³/mol. The highest BCUT2D eigenvalue weighted by atomic mass is 16.5. The second kappa shape index (κ2) is 3.84. The van der Waals surface area contributed by atoms with Crippen molar-refractivity contribution in [1.82, 2.24) is 0 Å². The van der Waals surface area contributed by atoms with Crippen molar-refractivity contribution < 1.29 is 19.4 Å². The molecule has 4 heteroatoms. The van der Waals surface area contributed by atoms with Crippen molar-refractivity contribution in [2.24, 2.45) is 5.92 Å². The maximum Gasteiger partial charge on any atom is 0.312 e. The summed E-state index contributed by atoms with van der Waals surface area (Å²) in [5.74, 6) is -1.28. The topological polar surface area (TPSA) is 63.6 Å². The molecular formula is C14H10O4. The highest BCUT2D eigenvalue weighted by Crippen LogP contribution is 2.43. The van der Waals surface area contributed by atoms with E-state index in [-0.39, 0.29) is 5.78 Å². The molecule has 0 saturated heterocycles. The molecule has 2 atom stereocenters. The van der Waals surface area contributed by atoms with Crippen LogP contribution in [0.25, 0.3) is 0 Å². The SMILES string of the molecule is O=C1C=CC2C(=C1)Oc1ccccc1C2C(=O)O. The van der Waals surface area contributed by atoms with Gasteiger partial charge < -0.3 is 9.84 Å². The molecule has 0 spiro atoms. The van der Waals surface area contributed by atoms with Crippen LogP contribution < -0.4 is 4.74 Å². The van der Waals surface area contributed by atoms with Gasteiger partial charge in [0.05, 0.1) is 11.8 Å². The van der Waals surface area contributed by atoms with Gasteiger partial charge in [0.2, 0.25) is 0 Å². The van der Waals surface area contributed by atoms with Crippen LogP contribution in [0.3, 0.4) is 0 Å². The van der Waals surface area contributed by atoms with Gasteiger partial charge in [0.15, 0.2) is 5.78 Å². The lowest BCUT2D eigenvalue weighted by Crippen LogP contribution is -2.30. The van der Waals surface area contributed by atoms with Gasteiger partial charge >= 0.3 is 5.97 Å². The van der Waals surface area contributed by atoms with Crippen molar-refractivity contribution in [3.8, 4) is 5.75 Å². The first-order chi connectivity index (χ1) is 8.66. The Kier molecular flexibility index (Phi) is 2.30. The van der Waals surface area contributed by atoms with Gasteiger partial charge in [-0.05, 0) is 12.1 Å². The maximum absolute atomic E-state index is 11.5. The average Bonchev–Trinajstić information content (AvgIpc) is 2.35. The first-order valence-corrected chi connectivity index (χ1v) is 5.60. The fourth-order valence-corrected chi connectivity index (χ4v) is 2.39. The third-order valence-electron chi connectivity index (χ3n) is 3.19. The largest absolute Gasteiger partial charge is 0.481 e. The summed E-state index contributed by atoms with van der Waals surface area (Å²) < 4.78 is 5.61. The minimum absolute atomic E-state index is 0.176. The van der Waals surface area contributed by atoms with Crippen molar-refractivity contribution in [3.05, 3.63) is 53.8 Å². The highest BCUT2D eigenvalue weighted by molar-refractivity contribution is 6.01. The van der Waals surface area contributed by atoms with E-state index in [1.165, 1.54) is 12.2 Å². The molecule has 3 rings (SSSR count). The number of fused-ring (bicyclic) bond motifs is 2. The molecule has 0 saturated carbocycles. The summed E-state index contributed by atoms with van der Waals surface area (Å²) in [5.41, 5.74) is 0.645. The monoisotopic (exact) mass is 242 g/mol. The van der Waals surface area contributed by atoms with E-state index >= 15 is 0 Å². The number of ether oxygens (including phenoxy) is 1. The molecule has 1 aromatic rings. The molecular weight excluding hydrogens is 232 g/mol. The lowest BCUT2D eigenvalue weighted by Gasteiger charge is -2.32. The smallest absolute Gasteiger partial charge is 0.312 e. The number of carbonyl (C=O) groups is 2. The Hall–Kier alpha value is -2.36. The number of aliphatic carboxylic acids is 1. The molecule has 4 nitrogen and oxygen atoms in total. The Morgan fingerprint density at radius 3 is 2.83 bits per heavy atom. The zero-order chi connectivity index (χ0) is 12.7. The number of carbonyl (C=O) groups excluding carboxylic acids is 1. The standard InChI is InChI=1S/C14H10O4/c15-8-5-6-10-12(7-8)18-11-4-2-1-3-9(11)13(10)14(16)17/h1-7,10,13H,(H,16,17). The zero-order valence-electron chi connectivity index (χ0n) is 9.37. The van der Waals surface area contributed by atoms with E-state index in [1.807, 2.05) is 0 Å². The summed E-state index contributed by atoms with van der Waals surface area (Å²) in [5, 5.41) is 9.39. The maximum atomic E-state index is 11.5. The average molecular weight is 242 g/mol. The van der Waals surface area contributed by atoms with Gasteiger partial charge in [-0.25, -0.2) is 0 Å². The molecule has 90 valence electrons. The Bertz CT molecular complexity index is 598. The minimum Gasteiger partial charge on any atom is -0.481 e. The number of ketones is 1. The van der Waals surface area contributed by atoms with Crippen LogP contribution in [0.1, 0.15) is 11.5 Å². The number of para-hydroxylation sites is 1. The molecule has 18 heavy (non-hydrogen) atoms. The van der Waals surface area contributed by atoms with E-state index in [0.717, 1.165) is 0 Å². The van der Waals surface area contributed by atoms with E-state index in [2.05, 4.69) is 0 Å². The molecule has 1 aromatic carbocycles. The second-order valence-electron chi connectivity index (χ2n) is 4.29. The summed E-state index contributed by atoms with van der Waals surface area (Å²) in [6.07, 6.45) is 4.35. The first-order valence-electron chi connectivity index (χ1n) is 5.60. The lowest BCUT2D eigenvalue weighted by atomic mass is 9.80. The van der Waals surface area contributed by atoms with E-state index in [0.29, 0.717) is 17.1 Å². The normalized spacial score (nSPS) is 24.7. The van der Waals surface area contributed by atoms with Crippen LogP contribution in [0.5, 0.6) is 5.75 Å². The minimum atomic E-state index is -0.916. The van der Waals surface area contributed by atoms with Crippen molar-refractivity contribution >= 4 is 11.8 Å². The van der Waals surface area contributed by atoms with Gasteiger partial charge in [0, 0.05) is 11.6 Å². The highest BCUT2D eigenvalue weighted by Gasteiger charge is 2.39. The molecule has 0 fully saturated rings. The molecule has 1 aliphatic carbocycles. The van der Waals surface area contributed by atoms with Crippen molar-refractivity contribution in [2.45, 2.75) is 5.92 Å². The van der Waals surface area contributed by atoms with Crippen LogP contribution in [-0.2, 0) is 9.59 Å². The quantitative estimate of drug-likeness (QED) is 0.816. The second-order valence-corrected chi connectivity index (χ2v) is 4.29. The molecule has 2 aliphatic rings. The molecule has 1 aliphatic heterocycles. The fourth-order valence-electron chi connectivity index (χ4n) is 2.39. The third-order valence-corrected chi connectivity index (χ3v) is 3.19. The van der Waals surface area contributed by atoms with Crippen LogP contribution in [-0.4, -0.2) is 16.9 Å². The predicted octanol–water partition coefficient (Wildman–Crippen LogP) is 1.89. The van der Waals surface area contributed by atoms with Crippen LogP contribution in [0.2, 0.25) is 0 Å². The summed E-state index contributed by atoms with van der Waals surface area (Å²) in [6.45, 7) is 0. The van der Waals surface area contributed by atoms with Crippen LogP contribution in [0, 0.1) is 5.92 Å². The van der Waals surface area contributed by atoms with Crippen molar-refractivity contribution in [2.75, 3.05) is 0 Å². The zero-order valence-corrected chi connectivity index (χ0v) is 9.37. The Morgan fingerprint density at radius 1 is 1.28 bits per heavy atom. The third kappa shape index (κ3) is 1.54. The number of rotatable bonds is 1. The molecule has 2 unspecified atom stereocenters. The van der Waals surface area contributed by atoms with Crippen molar-refractivity contribution in [3.63, 3.8) is 0 Å². The Morgan fingerprint density at radius 2 is 2.06 bits per heavy atom. The fraction of sp³-hybridized carbons (Fsp3) is 0.143. The summed E-state index contributed by atoms with van der Waals surface area (Å²) in [4.78, 5) is 22.8. The molecule has 0 bridgehead atoms. The number of carboxylic acids is 1. The number of hydrogen-bond donors (Lipinski definition) is 1. The number of carboxylic acid groups (broad SMARTS) is 1. The summed E-state index contributed by atoms with van der Waals surface area (Å²) >= 11 is 0. The Balaban J connectivity index is 2.16. The summed E-state index contributed by atoms with van der Waals surface area (Å²) in [7, 11) is 0. The van der Waals surface area contributed by atoms with E-state index in [1.54, 1.807) is 30.3 Å². The Labute approximate surface area is 103 Å². The van der Waals surface area contributed by atoms with Gasteiger partial charge in [0.25, 0.3) is 0 Å². The molecule has 1 N–H and O–H groups in total. The lowest BCUT2D eigenvalue weighted by molar-refractivity contribution is -0.140. The molecule has 0 radical (unpaired) electrons. The van der Waals surface area contributed by atoms with Crippen LogP contribution in [0.15, 0.2) is 48.3 Å². The van der Waals surface area contributed by atoms with Gasteiger partial charge in [-0.1, -0.05) is 24.3 Å². The number of allylic oxidation sites excluding steroid dienone is 3. The number of hydrogen-bond acceptors (Lipinski definition) is 3. The van der Waals surface area contributed by atoms with Gasteiger partial charge in [0.1, 0.15) is 11.5 Å². The van der Waals surface area contributed by atoms with Crippen LogP contribution in [0.4, 0.5) is 0 Å².